The minimum absolute atomic E-state index is 0.0115. The number of aliphatic hydroxyl groups is 1. The zero-order chi connectivity index (χ0) is 18.4. The first-order valence-corrected chi connectivity index (χ1v) is 8.23. The van der Waals surface area contributed by atoms with E-state index >= 15 is 0 Å². The molecule has 3 N–H and O–H groups in total. The number of carbonyl (C=O) groups is 1. The van der Waals surface area contributed by atoms with Gasteiger partial charge in [-0.05, 0) is 42.7 Å². The highest BCUT2D eigenvalue weighted by Crippen LogP contribution is 2.21. The summed E-state index contributed by atoms with van der Waals surface area (Å²) in [5, 5.41) is 15.7. The number of nitrogens with one attached hydrogen (secondary N) is 2. The summed E-state index contributed by atoms with van der Waals surface area (Å²) in [5.41, 5.74) is 0.166. The van der Waals surface area contributed by atoms with E-state index in [2.05, 4.69) is 15.6 Å². The number of halogens is 1. The lowest BCUT2D eigenvalue weighted by molar-refractivity contribution is 0.0165. The molecule has 0 fully saturated rings. The van der Waals surface area contributed by atoms with Crippen molar-refractivity contribution in [3.8, 4) is 0 Å². The van der Waals surface area contributed by atoms with Gasteiger partial charge < -0.3 is 15.7 Å². The lowest BCUT2D eigenvalue weighted by atomic mass is 9.93. The van der Waals surface area contributed by atoms with Gasteiger partial charge in [0.25, 0.3) is 0 Å². The Labute approximate surface area is 147 Å². The molecule has 2 atom stereocenters. The molecule has 1 aromatic heterocycles. The first-order chi connectivity index (χ1) is 11.8. The van der Waals surface area contributed by atoms with Gasteiger partial charge in [-0.1, -0.05) is 32.0 Å². The molecule has 2 rings (SSSR count). The Morgan fingerprint density at radius 3 is 2.64 bits per heavy atom. The van der Waals surface area contributed by atoms with Crippen LogP contribution in [0.25, 0.3) is 0 Å². The van der Waals surface area contributed by atoms with Crippen molar-refractivity contribution in [1.82, 2.24) is 15.6 Å². The Balaban J connectivity index is 2.16. The van der Waals surface area contributed by atoms with Gasteiger partial charge in [0.05, 0.1) is 17.3 Å². The Morgan fingerprint density at radius 2 is 2.04 bits per heavy atom. The first-order valence-electron chi connectivity index (χ1n) is 8.23. The molecule has 2 unspecified atom stereocenters. The molecule has 6 heteroatoms. The Hall–Kier alpha value is -2.47. The first kappa shape index (κ1) is 18.9. The van der Waals surface area contributed by atoms with Crippen LogP contribution in [0.2, 0.25) is 0 Å². The molecule has 0 saturated heterocycles. The third-order valence-electron chi connectivity index (χ3n) is 4.29. The molecule has 134 valence electrons. The summed E-state index contributed by atoms with van der Waals surface area (Å²) in [6, 6.07) is 10.3. The van der Waals surface area contributed by atoms with E-state index < -0.39 is 17.7 Å². The fourth-order valence-corrected chi connectivity index (χ4v) is 2.21. The van der Waals surface area contributed by atoms with E-state index in [0.717, 1.165) is 0 Å². The molecule has 2 amide bonds. The number of hydrogen-bond donors (Lipinski definition) is 3. The van der Waals surface area contributed by atoms with Crippen LogP contribution in [-0.4, -0.2) is 28.3 Å². The summed E-state index contributed by atoms with van der Waals surface area (Å²) in [7, 11) is 0. The van der Waals surface area contributed by atoms with Crippen molar-refractivity contribution in [1.29, 1.82) is 0 Å². The molecular weight excluding hydrogens is 321 g/mol. The second-order valence-electron chi connectivity index (χ2n) is 6.58. The van der Waals surface area contributed by atoms with Crippen molar-refractivity contribution >= 4 is 6.03 Å². The van der Waals surface area contributed by atoms with E-state index in [1.807, 2.05) is 13.8 Å². The van der Waals surface area contributed by atoms with Gasteiger partial charge in [-0.15, -0.1) is 0 Å². The van der Waals surface area contributed by atoms with Gasteiger partial charge in [-0.2, -0.15) is 0 Å². The lowest BCUT2D eigenvalue weighted by Gasteiger charge is -2.28. The minimum Gasteiger partial charge on any atom is -0.388 e. The second kappa shape index (κ2) is 8.07. The maximum absolute atomic E-state index is 13.6. The summed E-state index contributed by atoms with van der Waals surface area (Å²) in [5.74, 6) is -0.397. The summed E-state index contributed by atoms with van der Waals surface area (Å²) < 4.78 is 13.6. The van der Waals surface area contributed by atoms with Crippen molar-refractivity contribution in [2.75, 3.05) is 6.54 Å². The van der Waals surface area contributed by atoms with Crippen molar-refractivity contribution in [3.05, 3.63) is 65.7 Å². The van der Waals surface area contributed by atoms with Gasteiger partial charge in [-0.25, -0.2) is 9.18 Å². The van der Waals surface area contributed by atoms with Crippen LogP contribution in [-0.2, 0) is 0 Å². The smallest absolute Gasteiger partial charge is 0.315 e. The predicted molar refractivity (Wildman–Crippen MR) is 94.5 cm³/mol. The maximum atomic E-state index is 13.6. The summed E-state index contributed by atoms with van der Waals surface area (Å²) in [6.45, 7) is 5.53. The van der Waals surface area contributed by atoms with Crippen LogP contribution in [0.1, 0.15) is 38.1 Å². The molecule has 2 aromatic rings. The van der Waals surface area contributed by atoms with Gasteiger partial charge in [0.2, 0.25) is 0 Å². The molecule has 0 aliphatic carbocycles. The summed E-state index contributed by atoms with van der Waals surface area (Å²) in [6.07, 6.45) is 1.62. The van der Waals surface area contributed by atoms with E-state index in [0.29, 0.717) is 11.3 Å². The highest BCUT2D eigenvalue weighted by atomic mass is 19.1. The molecule has 0 aliphatic rings. The quantitative estimate of drug-likeness (QED) is 0.753. The standard InChI is InChI=1S/C19H24FN3O2/c1-13(2)19(3,25)12-22-18(24)23-17(16-9-4-5-10-21-16)14-7-6-8-15(20)11-14/h4-11,13,17,25H,12H2,1-3H3,(H2,22,23,24). The average Bonchev–Trinajstić information content (AvgIpc) is 2.58. The topological polar surface area (TPSA) is 74.2 Å². The molecule has 25 heavy (non-hydrogen) atoms. The van der Waals surface area contributed by atoms with Crippen molar-refractivity contribution in [3.63, 3.8) is 0 Å². The predicted octanol–water partition coefficient (Wildman–Crippen LogP) is 3.02. The van der Waals surface area contributed by atoms with E-state index in [-0.39, 0.29) is 18.3 Å². The van der Waals surface area contributed by atoms with Gasteiger partial charge in [0, 0.05) is 12.7 Å². The van der Waals surface area contributed by atoms with Crippen LogP contribution in [0.3, 0.4) is 0 Å². The zero-order valence-corrected chi connectivity index (χ0v) is 14.7. The zero-order valence-electron chi connectivity index (χ0n) is 14.7. The van der Waals surface area contributed by atoms with E-state index in [1.165, 1.54) is 12.1 Å². The van der Waals surface area contributed by atoms with Crippen LogP contribution in [0, 0.1) is 11.7 Å². The number of amides is 2. The van der Waals surface area contributed by atoms with E-state index in [1.54, 1.807) is 43.5 Å². The Kier molecular flexibility index (Phi) is 6.09. The molecule has 1 aromatic carbocycles. The number of carbonyl (C=O) groups excluding carboxylic acids is 1. The third-order valence-corrected chi connectivity index (χ3v) is 4.29. The summed E-state index contributed by atoms with van der Waals surface area (Å²) in [4.78, 5) is 16.6. The molecule has 0 saturated carbocycles. The van der Waals surface area contributed by atoms with Crippen LogP contribution < -0.4 is 10.6 Å². The fraction of sp³-hybridized carbons (Fsp3) is 0.368. The van der Waals surface area contributed by atoms with Crippen LogP contribution in [0.15, 0.2) is 48.7 Å². The monoisotopic (exact) mass is 345 g/mol. The van der Waals surface area contributed by atoms with Crippen LogP contribution >= 0.6 is 0 Å². The van der Waals surface area contributed by atoms with Gasteiger partial charge in [-0.3, -0.25) is 4.98 Å². The molecule has 0 aliphatic heterocycles. The fourth-order valence-electron chi connectivity index (χ4n) is 2.21. The molecule has 1 heterocycles. The number of aromatic nitrogens is 1. The van der Waals surface area contributed by atoms with Crippen molar-refractivity contribution in [2.24, 2.45) is 5.92 Å². The average molecular weight is 345 g/mol. The van der Waals surface area contributed by atoms with Crippen LogP contribution in [0.4, 0.5) is 9.18 Å². The van der Waals surface area contributed by atoms with Gasteiger partial charge >= 0.3 is 6.03 Å². The van der Waals surface area contributed by atoms with Crippen LogP contribution in [0.5, 0.6) is 0 Å². The lowest BCUT2D eigenvalue weighted by Crippen LogP contribution is -2.48. The third kappa shape index (κ3) is 5.26. The van der Waals surface area contributed by atoms with Crippen molar-refractivity contribution < 1.29 is 14.3 Å². The Morgan fingerprint density at radius 1 is 1.28 bits per heavy atom. The number of rotatable bonds is 6. The normalized spacial score (nSPS) is 14.6. The second-order valence-corrected chi connectivity index (χ2v) is 6.58. The molecule has 0 spiro atoms. The summed E-state index contributed by atoms with van der Waals surface area (Å²) >= 11 is 0. The number of pyridine rings is 1. The van der Waals surface area contributed by atoms with Gasteiger partial charge in [0.15, 0.2) is 0 Å². The molecule has 0 radical (unpaired) electrons. The van der Waals surface area contributed by atoms with Crippen molar-refractivity contribution in [2.45, 2.75) is 32.4 Å². The van der Waals surface area contributed by atoms with E-state index in [9.17, 15) is 14.3 Å². The molecule has 5 nitrogen and oxygen atoms in total. The highest BCUT2D eigenvalue weighted by Gasteiger charge is 2.26. The minimum atomic E-state index is -1.02. The largest absolute Gasteiger partial charge is 0.388 e. The number of hydrogen-bond acceptors (Lipinski definition) is 3. The Bertz CT molecular complexity index is 705. The number of nitrogens with zero attached hydrogens (tertiary/aromatic N) is 1. The van der Waals surface area contributed by atoms with Gasteiger partial charge in [0.1, 0.15) is 5.82 Å². The number of urea groups is 1. The van der Waals surface area contributed by atoms with E-state index in [4.69, 9.17) is 0 Å². The number of benzene rings is 1. The highest BCUT2D eigenvalue weighted by molar-refractivity contribution is 5.75. The SMILES string of the molecule is CC(C)C(C)(O)CNC(=O)NC(c1cccc(F)c1)c1ccccn1. The maximum Gasteiger partial charge on any atom is 0.315 e. The molecular formula is C19H24FN3O2. The molecule has 0 bridgehead atoms.